The highest BCUT2D eigenvalue weighted by Crippen LogP contribution is 2.37. The Bertz CT molecular complexity index is 963. The molecule has 3 aliphatic rings. The van der Waals surface area contributed by atoms with Gasteiger partial charge in [-0.1, -0.05) is 18.2 Å². The first-order valence-corrected chi connectivity index (χ1v) is 11.7. The number of halogens is 1. The van der Waals surface area contributed by atoms with Crippen LogP contribution in [0.1, 0.15) is 73.1 Å². The zero-order valence-corrected chi connectivity index (χ0v) is 17.9. The van der Waals surface area contributed by atoms with Crippen LogP contribution in [0.25, 0.3) is 0 Å². The van der Waals surface area contributed by atoms with E-state index in [1.54, 1.807) is 0 Å². The normalized spacial score (nSPS) is 26.3. The number of nitrogens with zero attached hydrogens (tertiary/aromatic N) is 1. The number of alkyl halides is 1. The molecule has 1 saturated carbocycles. The number of rotatable bonds is 5. The lowest BCUT2D eigenvalue weighted by Crippen LogP contribution is -2.32. The molecule has 0 amide bonds. The Morgan fingerprint density at radius 3 is 2.61 bits per heavy atom. The summed E-state index contributed by atoms with van der Waals surface area (Å²) in [6.45, 7) is 3.49. The molecule has 5 rings (SSSR count). The Hall–Kier alpha value is -2.41. The Morgan fingerprint density at radius 2 is 1.81 bits per heavy atom. The lowest BCUT2D eigenvalue weighted by molar-refractivity contribution is 0.234. The molecule has 7 heteroatoms. The maximum absolute atomic E-state index is 13.7. The second-order valence-corrected chi connectivity index (χ2v) is 9.23. The fraction of sp³-hybridized carbons (Fsp3) is 0.583. The highest BCUT2D eigenvalue weighted by atomic mass is 19.1. The fourth-order valence-electron chi connectivity index (χ4n) is 5.49. The first-order valence-electron chi connectivity index (χ1n) is 11.7. The molecule has 2 aliphatic heterocycles. The molecule has 1 aromatic heterocycles. The van der Waals surface area contributed by atoms with Crippen LogP contribution in [-0.4, -0.2) is 42.3 Å². The van der Waals surface area contributed by atoms with Gasteiger partial charge in [-0.3, -0.25) is 9.78 Å². The number of nitrogens with one attached hydrogen (secondary N) is 4. The summed E-state index contributed by atoms with van der Waals surface area (Å²) in [7, 11) is 0. The van der Waals surface area contributed by atoms with Crippen molar-refractivity contribution in [3.05, 3.63) is 51.4 Å². The molecule has 3 heterocycles. The topological polar surface area (TPSA) is 81.8 Å². The third-order valence-electron chi connectivity index (χ3n) is 7.23. The number of aromatic amines is 1. The summed E-state index contributed by atoms with van der Waals surface area (Å²) in [6.07, 6.45) is 3.81. The lowest BCUT2D eigenvalue weighted by Gasteiger charge is -2.29. The van der Waals surface area contributed by atoms with Crippen molar-refractivity contribution in [2.24, 2.45) is 0 Å². The van der Waals surface area contributed by atoms with Gasteiger partial charge in [-0.15, -0.1) is 0 Å². The van der Waals surface area contributed by atoms with Gasteiger partial charge in [0.2, 0.25) is 5.95 Å². The summed E-state index contributed by atoms with van der Waals surface area (Å²) in [5.41, 5.74) is 4.20. The number of hydrogen-bond donors (Lipinski definition) is 4. The van der Waals surface area contributed by atoms with E-state index in [2.05, 4.69) is 39.1 Å². The molecule has 166 valence electrons. The molecular formula is C24H32FN5O. The summed E-state index contributed by atoms with van der Waals surface area (Å²) in [5, 5.41) is 10.3. The number of H-pyrrole nitrogens is 1. The molecular weight excluding hydrogens is 393 g/mol. The molecule has 31 heavy (non-hydrogen) atoms. The molecule has 2 fully saturated rings. The number of fused-ring (bicyclic) bond motifs is 1. The monoisotopic (exact) mass is 425 g/mol. The molecule has 6 nitrogen and oxygen atoms in total. The number of hydrogen-bond acceptors (Lipinski definition) is 5. The van der Waals surface area contributed by atoms with Crippen molar-refractivity contribution in [3.63, 3.8) is 0 Å². The lowest BCUT2D eigenvalue weighted by atomic mass is 9.80. The van der Waals surface area contributed by atoms with Crippen molar-refractivity contribution in [2.45, 2.75) is 62.5 Å². The summed E-state index contributed by atoms with van der Waals surface area (Å²) in [5.74, 6) is 1.30. The van der Waals surface area contributed by atoms with Crippen LogP contribution in [0.4, 0.5) is 16.0 Å². The Balaban J connectivity index is 1.39. The van der Waals surface area contributed by atoms with Gasteiger partial charge in [0.25, 0.3) is 5.56 Å². The molecule has 1 aromatic carbocycles. The van der Waals surface area contributed by atoms with Crippen molar-refractivity contribution in [1.82, 2.24) is 15.3 Å². The van der Waals surface area contributed by atoms with Gasteiger partial charge in [-0.2, -0.15) is 0 Å². The van der Waals surface area contributed by atoms with E-state index in [1.165, 1.54) is 11.3 Å². The molecule has 2 aromatic rings. The fourth-order valence-corrected chi connectivity index (χ4v) is 5.49. The van der Waals surface area contributed by atoms with Crippen LogP contribution < -0.4 is 21.5 Å². The van der Waals surface area contributed by atoms with E-state index in [-0.39, 0.29) is 17.4 Å². The second kappa shape index (κ2) is 8.99. The van der Waals surface area contributed by atoms with Crippen LogP contribution in [0.3, 0.4) is 0 Å². The molecule has 0 radical (unpaired) electrons. The highest BCUT2D eigenvalue weighted by Gasteiger charge is 2.31. The van der Waals surface area contributed by atoms with E-state index >= 15 is 0 Å². The van der Waals surface area contributed by atoms with Crippen LogP contribution >= 0.6 is 0 Å². The Kier molecular flexibility index (Phi) is 5.94. The molecule has 1 saturated heterocycles. The molecule has 1 aliphatic carbocycles. The van der Waals surface area contributed by atoms with Crippen molar-refractivity contribution in [1.29, 1.82) is 0 Å². The minimum absolute atomic E-state index is 0.0433. The van der Waals surface area contributed by atoms with E-state index in [4.69, 9.17) is 4.98 Å². The van der Waals surface area contributed by atoms with Gasteiger partial charge in [0.1, 0.15) is 6.17 Å². The third kappa shape index (κ3) is 4.33. The third-order valence-corrected chi connectivity index (χ3v) is 7.23. The molecule has 1 unspecified atom stereocenters. The SMILES string of the molecule is O=c1[nH]c(NCC2CNc3ccccc32)nc(C2CCNCC2)c1C1CCC(F)CC1. The molecule has 4 N–H and O–H groups in total. The van der Waals surface area contributed by atoms with E-state index in [0.29, 0.717) is 31.3 Å². The highest BCUT2D eigenvalue weighted by molar-refractivity contribution is 5.58. The van der Waals surface area contributed by atoms with Gasteiger partial charge in [-0.25, -0.2) is 9.37 Å². The number of para-hydroxylation sites is 1. The number of piperidine rings is 1. The van der Waals surface area contributed by atoms with Gasteiger partial charge in [0.15, 0.2) is 0 Å². The molecule has 1 atom stereocenters. The summed E-state index contributed by atoms with van der Waals surface area (Å²) < 4.78 is 13.7. The van der Waals surface area contributed by atoms with Crippen molar-refractivity contribution in [3.8, 4) is 0 Å². The van der Waals surface area contributed by atoms with Gasteiger partial charge in [-0.05, 0) is 69.2 Å². The van der Waals surface area contributed by atoms with Crippen LogP contribution in [0.2, 0.25) is 0 Å². The van der Waals surface area contributed by atoms with E-state index in [9.17, 15) is 9.18 Å². The number of anilines is 2. The Morgan fingerprint density at radius 1 is 1.03 bits per heavy atom. The van der Waals surface area contributed by atoms with Gasteiger partial charge >= 0.3 is 0 Å². The summed E-state index contributed by atoms with van der Waals surface area (Å²) >= 11 is 0. The predicted molar refractivity (Wildman–Crippen MR) is 122 cm³/mol. The van der Waals surface area contributed by atoms with Crippen molar-refractivity contribution in [2.75, 3.05) is 36.8 Å². The molecule has 0 bridgehead atoms. The zero-order valence-electron chi connectivity index (χ0n) is 17.9. The average molecular weight is 426 g/mol. The molecule has 0 spiro atoms. The summed E-state index contributed by atoms with van der Waals surface area (Å²) in [4.78, 5) is 21.2. The smallest absolute Gasteiger partial charge is 0.256 e. The Labute approximate surface area is 182 Å². The largest absolute Gasteiger partial charge is 0.384 e. The van der Waals surface area contributed by atoms with Gasteiger partial charge in [0.05, 0.1) is 5.69 Å². The second-order valence-electron chi connectivity index (χ2n) is 9.23. The van der Waals surface area contributed by atoms with Crippen LogP contribution in [0.15, 0.2) is 29.1 Å². The van der Waals surface area contributed by atoms with Gasteiger partial charge < -0.3 is 16.0 Å². The van der Waals surface area contributed by atoms with Crippen molar-refractivity contribution < 1.29 is 4.39 Å². The van der Waals surface area contributed by atoms with Crippen molar-refractivity contribution >= 4 is 11.6 Å². The average Bonchev–Trinajstić information content (AvgIpc) is 3.22. The minimum Gasteiger partial charge on any atom is -0.384 e. The number of benzene rings is 1. The minimum atomic E-state index is -0.727. The maximum Gasteiger partial charge on any atom is 0.256 e. The van der Waals surface area contributed by atoms with E-state index in [1.807, 2.05) is 6.07 Å². The first kappa shape index (κ1) is 20.5. The zero-order chi connectivity index (χ0) is 21.2. The van der Waals surface area contributed by atoms with Crippen LogP contribution in [0.5, 0.6) is 0 Å². The predicted octanol–water partition coefficient (Wildman–Crippen LogP) is 3.85. The van der Waals surface area contributed by atoms with Gasteiger partial charge in [0, 0.05) is 36.2 Å². The maximum atomic E-state index is 13.7. The first-order chi connectivity index (χ1) is 15.2. The van der Waals surface area contributed by atoms with E-state index in [0.717, 1.165) is 56.6 Å². The summed E-state index contributed by atoms with van der Waals surface area (Å²) in [6, 6.07) is 8.37. The quantitative estimate of drug-likeness (QED) is 0.585. The standard InChI is InChI=1S/C24H32FN5O/c25-18-7-5-15(6-8-18)21-22(16-9-11-26-12-10-16)29-24(30-23(21)31)28-14-17-13-27-20-4-2-1-3-19(17)20/h1-4,15-18,26-27H,5-14H2,(H2,28,29,30,31). The van der Waals surface area contributed by atoms with Crippen LogP contribution in [0, 0.1) is 0 Å². The number of aromatic nitrogens is 2. The van der Waals surface area contributed by atoms with Crippen LogP contribution in [-0.2, 0) is 0 Å². The van der Waals surface area contributed by atoms with E-state index < -0.39 is 6.17 Å².